The predicted molar refractivity (Wildman–Crippen MR) is 83.6 cm³/mol. The topological polar surface area (TPSA) is 24.9 Å². The monoisotopic (exact) mass is 280 g/mol. The SMILES string of the molecule is Fc1ccc(CNCCc2cccc3cccnc23)cc1. The van der Waals surface area contributed by atoms with Gasteiger partial charge in [0.15, 0.2) is 0 Å². The van der Waals surface area contributed by atoms with Crippen LogP contribution in [-0.4, -0.2) is 11.5 Å². The second kappa shape index (κ2) is 6.46. The van der Waals surface area contributed by atoms with Crippen LogP contribution in [0.1, 0.15) is 11.1 Å². The number of rotatable bonds is 5. The number of pyridine rings is 1. The van der Waals surface area contributed by atoms with Crippen LogP contribution in [0.15, 0.2) is 60.8 Å². The van der Waals surface area contributed by atoms with Crippen LogP contribution in [0.5, 0.6) is 0 Å². The van der Waals surface area contributed by atoms with Gasteiger partial charge in [-0.1, -0.05) is 36.4 Å². The van der Waals surface area contributed by atoms with Crippen LogP contribution < -0.4 is 5.32 Å². The Morgan fingerprint density at radius 3 is 2.62 bits per heavy atom. The van der Waals surface area contributed by atoms with E-state index in [1.54, 1.807) is 0 Å². The Morgan fingerprint density at radius 2 is 1.76 bits per heavy atom. The van der Waals surface area contributed by atoms with Crippen molar-refractivity contribution in [2.45, 2.75) is 13.0 Å². The van der Waals surface area contributed by atoms with Gasteiger partial charge in [-0.2, -0.15) is 0 Å². The molecule has 0 aliphatic heterocycles. The average Bonchev–Trinajstić information content (AvgIpc) is 2.53. The Hall–Kier alpha value is -2.26. The van der Waals surface area contributed by atoms with Gasteiger partial charge in [-0.25, -0.2) is 4.39 Å². The molecule has 3 aromatic rings. The van der Waals surface area contributed by atoms with Gasteiger partial charge in [0.25, 0.3) is 0 Å². The molecule has 0 fully saturated rings. The van der Waals surface area contributed by atoms with Crippen molar-refractivity contribution in [3.8, 4) is 0 Å². The molecule has 0 saturated heterocycles. The molecule has 0 aliphatic carbocycles. The summed E-state index contributed by atoms with van der Waals surface area (Å²) >= 11 is 0. The molecule has 0 aliphatic rings. The van der Waals surface area contributed by atoms with Crippen molar-refractivity contribution >= 4 is 10.9 Å². The summed E-state index contributed by atoms with van der Waals surface area (Å²) in [6, 6.07) is 16.9. The lowest BCUT2D eigenvalue weighted by Crippen LogP contribution is -2.16. The number of hydrogen-bond acceptors (Lipinski definition) is 2. The number of nitrogens with zero attached hydrogens (tertiary/aromatic N) is 1. The van der Waals surface area contributed by atoms with Gasteiger partial charge in [0, 0.05) is 18.1 Å². The lowest BCUT2D eigenvalue weighted by atomic mass is 10.1. The van der Waals surface area contributed by atoms with Gasteiger partial charge in [-0.3, -0.25) is 4.98 Å². The molecule has 2 aromatic carbocycles. The van der Waals surface area contributed by atoms with Crippen LogP contribution in [0.4, 0.5) is 4.39 Å². The number of para-hydroxylation sites is 1. The lowest BCUT2D eigenvalue weighted by molar-refractivity contribution is 0.625. The third-order valence-corrected chi connectivity index (χ3v) is 3.53. The summed E-state index contributed by atoms with van der Waals surface area (Å²) in [5, 5.41) is 4.56. The highest BCUT2D eigenvalue weighted by Crippen LogP contribution is 2.16. The molecule has 0 spiro atoms. The first-order valence-corrected chi connectivity index (χ1v) is 7.11. The third kappa shape index (κ3) is 3.44. The molecule has 1 N–H and O–H groups in total. The van der Waals surface area contributed by atoms with E-state index in [1.165, 1.54) is 23.1 Å². The largest absolute Gasteiger partial charge is 0.312 e. The quantitative estimate of drug-likeness (QED) is 0.721. The highest BCUT2D eigenvalue weighted by atomic mass is 19.1. The van der Waals surface area contributed by atoms with E-state index in [0.29, 0.717) is 0 Å². The summed E-state index contributed by atoms with van der Waals surface area (Å²) in [6.07, 6.45) is 2.76. The Balaban J connectivity index is 1.58. The maximum atomic E-state index is 12.8. The van der Waals surface area contributed by atoms with Crippen molar-refractivity contribution in [2.75, 3.05) is 6.54 Å². The fourth-order valence-electron chi connectivity index (χ4n) is 2.43. The van der Waals surface area contributed by atoms with E-state index in [0.717, 1.165) is 30.6 Å². The van der Waals surface area contributed by atoms with Gasteiger partial charge in [0.1, 0.15) is 5.82 Å². The Kier molecular flexibility index (Phi) is 4.22. The van der Waals surface area contributed by atoms with E-state index in [1.807, 2.05) is 24.4 Å². The standard InChI is InChI=1S/C18H17FN2/c19-17-8-6-14(7-9-17)13-20-12-10-16-4-1-3-15-5-2-11-21-18(15)16/h1-9,11,20H,10,12-13H2. The minimum Gasteiger partial charge on any atom is -0.312 e. The smallest absolute Gasteiger partial charge is 0.123 e. The molecule has 0 atom stereocenters. The maximum Gasteiger partial charge on any atom is 0.123 e. The highest BCUT2D eigenvalue weighted by Gasteiger charge is 2.01. The summed E-state index contributed by atoms with van der Waals surface area (Å²) in [7, 11) is 0. The van der Waals surface area contributed by atoms with Crippen LogP contribution in [0, 0.1) is 5.82 Å². The number of nitrogens with one attached hydrogen (secondary N) is 1. The van der Waals surface area contributed by atoms with Crippen LogP contribution in [0.25, 0.3) is 10.9 Å². The van der Waals surface area contributed by atoms with Crippen LogP contribution in [-0.2, 0) is 13.0 Å². The van der Waals surface area contributed by atoms with Crippen LogP contribution >= 0.6 is 0 Å². The molecule has 21 heavy (non-hydrogen) atoms. The molecule has 2 nitrogen and oxygen atoms in total. The van der Waals surface area contributed by atoms with Crippen molar-refractivity contribution < 1.29 is 4.39 Å². The molecule has 0 saturated carbocycles. The molecule has 1 heterocycles. The van der Waals surface area contributed by atoms with Gasteiger partial charge >= 0.3 is 0 Å². The summed E-state index contributed by atoms with van der Waals surface area (Å²) in [6.45, 7) is 1.62. The summed E-state index contributed by atoms with van der Waals surface area (Å²) in [5.41, 5.74) is 3.41. The zero-order valence-electron chi connectivity index (χ0n) is 11.7. The van der Waals surface area contributed by atoms with Gasteiger partial charge in [0.2, 0.25) is 0 Å². The van der Waals surface area contributed by atoms with E-state index >= 15 is 0 Å². The zero-order valence-corrected chi connectivity index (χ0v) is 11.7. The molecule has 1 aromatic heterocycles. The van der Waals surface area contributed by atoms with Crippen molar-refractivity contribution in [1.29, 1.82) is 0 Å². The fraction of sp³-hybridized carbons (Fsp3) is 0.167. The first-order valence-electron chi connectivity index (χ1n) is 7.11. The summed E-state index contributed by atoms with van der Waals surface area (Å²) in [5.74, 6) is -0.194. The van der Waals surface area contributed by atoms with Crippen molar-refractivity contribution in [1.82, 2.24) is 10.3 Å². The normalized spacial score (nSPS) is 10.9. The fourth-order valence-corrected chi connectivity index (χ4v) is 2.43. The molecule has 106 valence electrons. The van der Waals surface area contributed by atoms with Gasteiger partial charge in [0.05, 0.1) is 5.52 Å². The van der Waals surface area contributed by atoms with Crippen molar-refractivity contribution in [3.63, 3.8) is 0 Å². The average molecular weight is 280 g/mol. The summed E-state index contributed by atoms with van der Waals surface area (Å²) in [4.78, 5) is 4.46. The van der Waals surface area contributed by atoms with E-state index in [4.69, 9.17) is 0 Å². The molecular formula is C18H17FN2. The number of hydrogen-bond donors (Lipinski definition) is 1. The second-order valence-electron chi connectivity index (χ2n) is 5.05. The Morgan fingerprint density at radius 1 is 0.952 bits per heavy atom. The van der Waals surface area contributed by atoms with Crippen molar-refractivity contribution in [2.24, 2.45) is 0 Å². The van der Waals surface area contributed by atoms with Gasteiger partial charge in [-0.05, 0) is 42.3 Å². The third-order valence-electron chi connectivity index (χ3n) is 3.53. The van der Waals surface area contributed by atoms with Crippen LogP contribution in [0.3, 0.4) is 0 Å². The molecule has 0 bridgehead atoms. The number of aromatic nitrogens is 1. The zero-order chi connectivity index (χ0) is 14.5. The molecule has 0 amide bonds. The Bertz CT molecular complexity index is 717. The van der Waals surface area contributed by atoms with Crippen molar-refractivity contribution in [3.05, 3.63) is 77.7 Å². The van der Waals surface area contributed by atoms with E-state index in [2.05, 4.69) is 34.6 Å². The summed E-state index contributed by atoms with van der Waals surface area (Å²) < 4.78 is 12.8. The predicted octanol–water partition coefficient (Wildman–Crippen LogP) is 3.71. The number of halogens is 1. The molecule has 3 heteroatoms. The minimum absolute atomic E-state index is 0.194. The second-order valence-corrected chi connectivity index (χ2v) is 5.05. The molecule has 0 unspecified atom stereocenters. The van der Waals surface area contributed by atoms with Gasteiger partial charge < -0.3 is 5.32 Å². The molecular weight excluding hydrogens is 263 g/mol. The number of fused-ring (bicyclic) bond motifs is 1. The number of benzene rings is 2. The first-order chi connectivity index (χ1) is 10.3. The van der Waals surface area contributed by atoms with Crippen LogP contribution in [0.2, 0.25) is 0 Å². The van der Waals surface area contributed by atoms with Gasteiger partial charge in [-0.15, -0.1) is 0 Å². The maximum absolute atomic E-state index is 12.8. The lowest BCUT2D eigenvalue weighted by Gasteiger charge is -2.07. The molecule has 3 rings (SSSR count). The Labute approximate surface area is 123 Å². The van der Waals surface area contributed by atoms with E-state index in [-0.39, 0.29) is 5.82 Å². The first kappa shape index (κ1) is 13.7. The van der Waals surface area contributed by atoms with E-state index < -0.39 is 0 Å². The molecule has 0 radical (unpaired) electrons. The van der Waals surface area contributed by atoms with E-state index in [9.17, 15) is 4.39 Å². The minimum atomic E-state index is -0.194. The highest BCUT2D eigenvalue weighted by molar-refractivity contribution is 5.81.